The smallest absolute Gasteiger partial charge is 0.126 e. The summed E-state index contributed by atoms with van der Waals surface area (Å²) in [4.78, 5) is 0. The molecule has 0 aliphatic heterocycles. The van der Waals surface area contributed by atoms with Gasteiger partial charge in [0.2, 0.25) is 0 Å². The molecule has 0 N–H and O–H groups in total. The molecular weight excluding hydrogens is 568 g/mol. The van der Waals surface area contributed by atoms with Gasteiger partial charge >= 0.3 is 0 Å². The fraction of sp³-hybridized carbons (Fsp3) is 0.500. The SMILES string of the molecule is CCC1(CC)CC(C)(C)c2c1cc1c(c2[Si](Br)[Si]c2ccccc2)C(C)(C)C(c2ccccc2)C1(CC)CC. The second-order valence-corrected chi connectivity index (χ2v) is 22.2. The largest absolute Gasteiger partial charge is 0.159 e. The minimum Gasteiger partial charge on any atom is -0.126 e. The van der Waals surface area contributed by atoms with E-state index in [1.165, 1.54) is 42.9 Å². The molecule has 0 fully saturated rings. The third kappa shape index (κ3) is 4.32. The Hall–Kier alpha value is -1.43. The molecule has 0 aromatic heterocycles. The molecule has 0 spiro atoms. The Bertz CT molecular complexity index is 1320. The van der Waals surface area contributed by atoms with E-state index < -0.39 is 6.93 Å². The quantitative estimate of drug-likeness (QED) is 0.176. The first-order valence-corrected chi connectivity index (χ1v) is 20.9. The van der Waals surface area contributed by atoms with Crippen LogP contribution in [0.2, 0.25) is 0 Å². The summed E-state index contributed by atoms with van der Waals surface area (Å²) in [6, 6.07) is 25.5. The van der Waals surface area contributed by atoms with Gasteiger partial charge in [0.05, 0.1) is 9.04 Å². The Morgan fingerprint density at radius 2 is 1.33 bits per heavy atom. The molecule has 3 aromatic rings. The van der Waals surface area contributed by atoms with Crippen LogP contribution in [-0.2, 0) is 21.7 Å². The number of halogens is 1. The van der Waals surface area contributed by atoms with Crippen molar-refractivity contribution in [2.45, 2.75) is 115 Å². The van der Waals surface area contributed by atoms with E-state index in [1.807, 2.05) is 0 Å². The third-order valence-corrected chi connectivity index (χ3v) is 17.8. The first kappa shape index (κ1) is 29.1. The molecule has 3 heteroatoms. The first-order chi connectivity index (χ1) is 18.5. The average molecular weight is 615 g/mol. The standard InChI is InChI=1S/C36H46BrSi2/c1-9-35(10-2)24-33(5,6)29-27(35)23-28-30(31(29)39(37)38-26-21-17-14-18-22-26)34(7,8)32(36(28,11-3)12-4)25-19-15-13-16-20-25/h13-23,32H,9-12,24H2,1-8H3. The molecular formula is C36H46BrSi2. The highest BCUT2D eigenvalue weighted by Crippen LogP contribution is 2.64. The van der Waals surface area contributed by atoms with Gasteiger partial charge in [-0.05, 0) is 81.4 Å². The van der Waals surface area contributed by atoms with E-state index in [4.69, 9.17) is 0 Å². The van der Waals surface area contributed by atoms with Crippen molar-refractivity contribution in [1.29, 1.82) is 0 Å². The molecule has 5 rings (SSSR count). The van der Waals surface area contributed by atoms with Gasteiger partial charge in [0.1, 0.15) is 0 Å². The van der Waals surface area contributed by atoms with Gasteiger partial charge in [-0.25, -0.2) is 0 Å². The van der Waals surface area contributed by atoms with E-state index in [0.717, 1.165) is 9.04 Å². The highest BCUT2D eigenvalue weighted by atomic mass is 79.9. The molecule has 0 bridgehead atoms. The zero-order valence-corrected chi connectivity index (χ0v) is 28.9. The second-order valence-electron chi connectivity index (χ2n) is 13.4. The van der Waals surface area contributed by atoms with Crippen molar-refractivity contribution in [2.24, 2.45) is 0 Å². The first-order valence-electron chi connectivity index (χ1n) is 15.2. The molecule has 0 saturated heterocycles. The van der Waals surface area contributed by atoms with Gasteiger partial charge in [0, 0.05) is 11.3 Å². The Labute approximate surface area is 250 Å². The molecule has 1 atom stereocenters. The summed E-state index contributed by atoms with van der Waals surface area (Å²) >= 11 is 4.49. The van der Waals surface area contributed by atoms with Crippen LogP contribution in [0, 0.1) is 0 Å². The van der Waals surface area contributed by atoms with Gasteiger partial charge in [-0.3, -0.25) is 0 Å². The van der Waals surface area contributed by atoms with Crippen LogP contribution in [0.25, 0.3) is 0 Å². The predicted molar refractivity (Wildman–Crippen MR) is 177 cm³/mol. The molecule has 0 saturated carbocycles. The van der Waals surface area contributed by atoms with Crippen molar-refractivity contribution in [3.63, 3.8) is 0 Å². The van der Waals surface area contributed by atoms with Crippen LogP contribution in [0.1, 0.15) is 121 Å². The van der Waals surface area contributed by atoms with E-state index >= 15 is 0 Å². The number of hydrogen-bond donors (Lipinski definition) is 0. The zero-order valence-electron chi connectivity index (χ0n) is 25.3. The van der Waals surface area contributed by atoms with Crippen molar-refractivity contribution in [2.75, 3.05) is 0 Å². The molecule has 1 unspecified atom stereocenters. The lowest BCUT2D eigenvalue weighted by Gasteiger charge is -2.41. The molecule has 3 radical (unpaired) electrons. The highest BCUT2D eigenvalue weighted by molar-refractivity contribution is 9.26. The van der Waals surface area contributed by atoms with Crippen LogP contribution in [0.3, 0.4) is 0 Å². The van der Waals surface area contributed by atoms with E-state index in [-0.39, 0.29) is 21.7 Å². The third-order valence-electron chi connectivity index (χ3n) is 10.8. The lowest BCUT2D eigenvalue weighted by atomic mass is 9.62. The lowest BCUT2D eigenvalue weighted by molar-refractivity contribution is 0.269. The number of rotatable bonds is 8. The Morgan fingerprint density at radius 3 is 1.87 bits per heavy atom. The van der Waals surface area contributed by atoms with E-state index in [2.05, 4.69) is 137 Å². The minimum absolute atomic E-state index is 0.0533. The Morgan fingerprint density at radius 1 is 0.769 bits per heavy atom. The van der Waals surface area contributed by atoms with Crippen molar-refractivity contribution >= 4 is 41.6 Å². The maximum atomic E-state index is 4.49. The fourth-order valence-corrected chi connectivity index (χ4v) is 16.9. The molecule has 2 aliphatic carbocycles. The highest BCUT2D eigenvalue weighted by Gasteiger charge is 2.59. The second kappa shape index (κ2) is 10.4. The summed E-state index contributed by atoms with van der Waals surface area (Å²) in [5, 5.41) is 3.22. The molecule has 2 aliphatic rings. The molecule has 0 amide bonds. The van der Waals surface area contributed by atoms with Crippen LogP contribution in [0.5, 0.6) is 0 Å². The lowest BCUT2D eigenvalue weighted by Crippen LogP contribution is -2.46. The van der Waals surface area contributed by atoms with Crippen molar-refractivity contribution in [3.05, 3.63) is 94.5 Å². The predicted octanol–water partition coefficient (Wildman–Crippen LogP) is 8.68. The summed E-state index contributed by atoms with van der Waals surface area (Å²) in [5.41, 5.74) is 8.96. The van der Waals surface area contributed by atoms with Gasteiger partial charge in [-0.15, -0.1) is 15.3 Å². The zero-order chi connectivity index (χ0) is 28.2. The monoisotopic (exact) mass is 613 g/mol. The minimum atomic E-state index is -1.00. The van der Waals surface area contributed by atoms with E-state index in [0.29, 0.717) is 5.92 Å². The summed E-state index contributed by atoms with van der Waals surface area (Å²) in [6.45, 7) is 19.0. The van der Waals surface area contributed by atoms with Gasteiger partial charge < -0.3 is 0 Å². The number of fused-ring (bicyclic) bond motifs is 2. The maximum absolute atomic E-state index is 4.49. The van der Waals surface area contributed by atoms with E-state index in [1.54, 1.807) is 27.4 Å². The fourth-order valence-electron chi connectivity index (χ4n) is 9.12. The summed E-state index contributed by atoms with van der Waals surface area (Å²) in [5.74, 6) is 0.473. The molecule has 205 valence electrons. The van der Waals surface area contributed by atoms with Crippen molar-refractivity contribution < 1.29 is 0 Å². The molecule has 39 heavy (non-hydrogen) atoms. The van der Waals surface area contributed by atoms with Crippen LogP contribution in [-0.4, -0.2) is 16.0 Å². The van der Waals surface area contributed by atoms with E-state index in [9.17, 15) is 0 Å². The summed E-state index contributed by atoms with van der Waals surface area (Å²) < 4.78 is 0. The van der Waals surface area contributed by atoms with Crippen molar-refractivity contribution in [3.8, 4) is 0 Å². The number of benzene rings is 3. The van der Waals surface area contributed by atoms with Crippen LogP contribution < -0.4 is 10.4 Å². The number of hydrogen-bond acceptors (Lipinski definition) is 0. The topological polar surface area (TPSA) is 0 Å². The van der Waals surface area contributed by atoms with Crippen molar-refractivity contribution in [1.82, 2.24) is 0 Å². The summed E-state index contributed by atoms with van der Waals surface area (Å²) in [7, 11) is 0.799. The van der Waals surface area contributed by atoms with Crippen LogP contribution in [0.15, 0.2) is 66.7 Å². The Kier molecular flexibility index (Phi) is 7.79. The molecule has 0 nitrogen and oxygen atoms in total. The van der Waals surface area contributed by atoms with Gasteiger partial charge in [-0.1, -0.05) is 127 Å². The van der Waals surface area contributed by atoms with Crippen LogP contribution in [0.4, 0.5) is 0 Å². The van der Waals surface area contributed by atoms with Gasteiger partial charge in [0.25, 0.3) is 0 Å². The van der Waals surface area contributed by atoms with Crippen LogP contribution >= 0.6 is 15.3 Å². The molecule has 3 aromatic carbocycles. The summed E-state index contributed by atoms with van der Waals surface area (Å²) in [6.07, 6.45) is 6.07. The average Bonchev–Trinajstić information content (AvgIpc) is 3.30. The van der Waals surface area contributed by atoms with Gasteiger partial charge in [-0.2, -0.15) is 0 Å². The Balaban J connectivity index is 1.88. The maximum Gasteiger partial charge on any atom is 0.159 e. The van der Waals surface area contributed by atoms with Gasteiger partial charge in [0.15, 0.2) is 6.93 Å². The molecule has 0 heterocycles. The normalized spacial score (nSPS) is 21.6.